The van der Waals surface area contributed by atoms with E-state index in [2.05, 4.69) is 18.9 Å². The first-order valence-corrected chi connectivity index (χ1v) is 6.10. The molecule has 1 fully saturated rings. The van der Waals surface area contributed by atoms with Gasteiger partial charge in [-0.05, 0) is 25.7 Å². The Morgan fingerprint density at radius 2 is 2.24 bits per heavy atom. The zero-order valence-corrected chi connectivity index (χ0v) is 10.7. The van der Waals surface area contributed by atoms with Gasteiger partial charge in [0.15, 0.2) is 5.69 Å². The first-order chi connectivity index (χ1) is 8.00. The lowest BCUT2D eigenvalue weighted by Crippen LogP contribution is -2.46. The third-order valence-corrected chi connectivity index (χ3v) is 3.69. The number of carbonyl (C=O) groups excluding carboxylic acids is 1. The van der Waals surface area contributed by atoms with Crippen molar-refractivity contribution >= 4 is 11.6 Å². The van der Waals surface area contributed by atoms with Crippen LogP contribution in [0.3, 0.4) is 0 Å². The minimum atomic E-state index is -0.0397. The molecule has 1 aliphatic rings. The molecule has 0 spiro atoms. The Morgan fingerprint density at radius 3 is 2.82 bits per heavy atom. The summed E-state index contributed by atoms with van der Waals surface area (Å²) in [6, 6.07) is 0.262. The first-order valence-electron chi connectivity index (χ1n) is 6.10. The van der Waals surface area contributed by atoms with Crippen LogP contribution in [0.2, 0.25) is 0 Å². The maximum absolute atomic E-state index is 12.4. The predicted molar refractivity (Wildman–Crippen MR) is 66.5 cm³/mol. The molecule has 1 aromatic rings. The van der Waals surface area contributed by atoms with Crippen LogP contribution in [0.15, 0.2) is 6.20 Å². The second-order valence-electron chi connectivity index (χ2n) is 4.97. The lowest BCUT2D eigenvalue weighted by atomic mass is 9.92. The van der Waals surface area contributed by atoms with Crippen molar-refractivity contribution in [2.24, 2.45) is 13.0 Å². The van der Waals surface area contributed by atoms with E-state index < -0.39 is 0 Å². The number of anilines is 1. The van der Waals surface area contributed by atoms with Gasteiger partial charge in [-0.3, -0.25) is 9.48 Å². The molecule has 2 rings (SSSR count). The van der Waals surface area contributed by atoms with E-state index >= 15 is 0 Å². The highest BCUT2D eigenvalue weighted by Crippen LogP contribution is 2.25. The lowest BCUT2D eigenvalue weighted by Gasteiger charge is -2.37. The van der Waals surface area contributed by atoms with Crippen molar-refractivity contribution in [2.45, 2.75) is 32.7 Å². The number of hydrogen-bond donors (Lipinski definition) is 1. The van der Waals surface area contributed by atoms with Crippen molar-refractivity contribution in [3.05, 3.63) is 11.9 Å². The molecule has 1 saturated heterocycles. The summed E-state index contributed by atoms with van der Waals surface area (Å²) < 4.78 is 1.58. The quantitative estimate of drug-likeness (QED) is 0.798. The predicted octanol–water partition coefficient (Wildman–Crippen LogP) is 1.26. The molecule has 5 heteroatoms. The molecular weight excluding hydrogens is 216 g/mol. The summed E-state index contributed by atoms with van der Waals surface area (Å²) in [4.78, 5) is 14.3. The van der Waals surface area contributed by atoms with E-state index in [9.17, 15) is 4.79 Å². The Bertz CT molecular complexity index is 426. The molecule has 2 N–H and O–H groups in total. The average Bonchev–Trinajstić information content (AvgIpc) is 2.61. The number of nitrogens with zero attached hydrogens (tertiary/aromatic N) is 3. The van der Waals surface area contributed by atoms with E-state index in [-0.39, 0.29) is 11.9 Å². The zero-order chi connectivity index (χ0) is 12.6. The smallest absolute Gasteiger partial charge is 0.276 e. The molecule has 17 heavy (non-hydrogen) atoms. The molecule has 1 aromatic heterocycles. The summed E-state index contributed by atoms with van der Waals surface area (Å²) in [7, 11) is 1.77. The van der Waals surface area contributed by atoms with Crippen LogP contribution >= 0.6 is 0 Å². The largest absolute Gasteiger partial charge is 0.396 e. The second kappa shape index (κ2) is 4.39. The number of rotatable bonds is 1. The van der Waals surface area contributed by atoms with Crippen molar-refractivity contribution in [3.8, 4) is 0 Å². The Morgan fingerprint density at radius 1 is 1.53 bits per heavy atom. The molecule has 5 nitrogen and oxygen atoms in total. The van der Waals surface area contributed by atoms with Crippen molar-refractivity contribution in [1.82, 2.24) is 14.7 Å². The van der Waals surface area contributed by atoms with Gasteiger partial charge >= 0.3 is 0 Å². The number of nitrogens with two attached hydrogens (primary N) is 1. The lowest BCUT2D eigenvalue weighted by molar-refractivity contribution is 0.0545. The Balaban J connectivity index is 2.22. The molecule has 2 heterocycles. The van der Waals surface area contributed by atoms with Gasteiger partial charge in [0.05, 0.1) is 5.69 Å². The van der Waals surface area contributed by atoms with E-state index in [0.29, 0.717) is 17.3 Å². The van der Waals surface area contributed by atoms with Crippen molar-refractivity contribution < 1.29 is 4.79 Å². The summed E-state index contributed by atoms with van der Waals surface area (Å²) in [5.41, 5.74) is 6.64. The Hall–Kier alpha value is -1.52. The van der Waals surface area contributed by atoms with Gasteiger partial charge in [0.25, 0.3) is 5.91 Å². The van der Waals surface area contributed by atoms with Crippen LogP contribution in [0.1, 0.15) is 37.2 Å². The number of amides is 1. The summed E-state index contributed by atoms with van der Waals surface area (Å²) in [5, 5.41) is 4.15. The van der Waals surface area contributed by atoms with Crippen LogP contribution < -0.4 is 5.73 Å². The van der Waals surface area contributed by atoms with Crippen LogP contribution in [0, 0.1) is 5.92 Å². The molecule has 0 aromatic carbocycles. The van der Waals surface area contributed by atoms with E-state index in [4.69, 9.17) is 5.73 Å². The average molecular weight is 236 g/mol. The standard InChI is InChI=1S/C12H20N4O/c1-8-5-4-6-16(9(8)2)12(17)11-10(13)7-15(3)14-11/h7-9H,4-6,13H2,1-3H3. The third-order valence-electron chi connectivity index (χ3n) is 3.69. The minimum absolute atomic E-state index is 0.0397. The van der Waals surface area contributed by atoms with Gasteiger partial charge in [-0.25, -0.2) is 0 Å². The van der Waals surface area contributed by atoms with Crippen LogP contribution in [-0.4, -0.2) is 33.2 Å². The first kappa shape index (κ1) is 12.0. The SMILES string of the molecule is CC1CCCN(C(=O)c2nn(C)cc2N)C1C. The highest BCUT2D eigenvalue weighted by Gasteiger charge is 2.31. The number of nitrogen functional groups attached to an aromatic ring is 1. The van der Waals surface area contributed by atoms with E-state index in [0.717, 1.165) is 13.0 Å². The topological polar surface area (TPSA) is 64.2 Å². The fourth-order valence-electron chi connectivity index (χ4n) is 2.43. The van der Waals surface area contributed by atoms with Crippen LogP contribution in [0.5, 0.6) is 0 Å². The number of piperidine rings is 1. The fourth-order valence-corrected chi connectivity index (χ4v) is 2.43. The number of hydrogen-bond acceptors (Lipinski definition) is 3. The van der Waals surface area contributed by atoms with Gasteiger partial charge < -0.3 is 10.6 Å². The molecule has 0 saturated carbocycles. The van der Waals surface area contributed by atoms with Gasteiger partial charge in [-0.15, -0.1) is 0 Å². The molecule has 0 radical (unpaired) electrons. The maximum atomic E-state index is 12.4. The Kier molecular flexibility index (Phi) is 3.09. The van der Waals surface area contributed by atoms with Crippen LogP contribution in [-0.2, 0) is 7.05 Å². The van der Waals surface area contributed by atoms with Gasteiger partial charge in [0.1, 0.15) is 0 Å². The highest BCUT2D eigenvalue weighted by atomic mass is 16.2. The van der Waals surface area contributed by atoms with E-state index in [1.165, 1.54) is 6.42 Å². The number of likely N-dealkylation sites (tertiary alicyclic amines) is 1. The molecule has 2 unspecified atom stereocenters. The van der Waals surface area contributed by atoms with Gasteiger partial charge in [-0.1, -0.05) is 6.92 Å². The molecule has 94 valence electrons. The van der Waals surface area contributed by atoms with Crippen molar-refractivity contribution in [1.29, 1.82) is 0 Å². The monoisotopic (exact) mass is 236 g/mol. The maximum Gasteiger partial charge on any atom is 0.276 e. The molecule has 1 aliphatic heterocycles. The highest BCUT2D eigenvalue weighted by molar-refractivity contribution is 5.97. The van der Waals surface area contributed by atoms with Crippen molar-refractivity contribution in [2.75, 3.05) is 12.3 Å². The van der Waals surface area contributed by atoms with Crippen LogP contribution in [0.4, 0.5) is 5.69 Å². The van der Waals surface area contributed by atoms with Gasteiger partial charge in [0.2, 0.25) is 0 Å². The van der Waals surface area contributed by atoms with E-state index in [1.54, 1.807) is 17.9 Å². The fraction of sp³-hybridized carbons (Fsp3) is 0.667. The summed E-state index contributed by atoms with van der Waals surface area (Å²) in [6.07, 6.45) is 3.91. The summed E-state index contributed by atoms with van der Waals surface area (Å²) in [5.74, 6) is 0.500. The molecular formula is C12H20N4O. The Labute approximate surface area is 102 Å². The van der Waals surface area contributed by atoms with Crippen LogP contribution in [0.25, 0.3) is 0 Å². The molecule has 0 bridgehead atoms. The van der Waals surface area contributed by atoms with Crippen molar-refractivity contribution in [3.63, 3.8) is 0 Å². The summed E-state index contributed by atoms with van der Waals surface area (Å²) in [6.45, 7) is 5.09. The van der Waals surface area contributed by atoms with E-state index in [1.807, 2.05) is 4.90 Å². The third kappa shape index (κ3) is 2.14. The summed E-state index contributed by atoms with van der Waals surface area (Å²) >= 11 is 0. The number of carbonyl (C=O) groups is 1. The second-order valence-corrected chi connectivity index (χ2v) is 4.97. The number of aryl methyl sites for hydroxylation is 1. The minimum Gasteiger partial charge on any atom is -0.396 e. The zero-order valence-electron chi connectivity index (χ0n) is 10.7. The van der Waals surface area contributed by atoms with Gasteiger partial charge in [-0.2, -0.15) is 5.10 Å². The molecule has 2 atom stereocenters. The number of aromatic nitrogens is 2. The molecule has 1 amide bonds. The normalized spacial score (nSPS) is 25.0. The molecule has 0 aliphatic carbocycles. The van der Waals surface area contributed by atoms with Gasteiger partial charge in [0, 0.05) is 25.8 Å².